The van der Waals surface area contributed by atoms with Crippen LogP contribution in [0, 0.1) is 0 Å². The first-order valence-electron chi connectivity index (χ1n) is 12.3. The van der Waals surface area contributed by atoms with Crippen LogP contribution in [0.3, 0.4) is 0 Å². The van der Waals surface area contributed by atoms with Gasteiger partial charge in [-0.15, -0.1) is 0 Å². The third kappa shape index (κ3) is 11.0. The smallest absolute Gasteiger partial charge is 0.234 e. The normalized spacial score (nSPS) is 11.6. The van der Waals surface area contributed by atoms with E-state index in [1.807, 2.05) is 0 Å². The number of aryl methyl sites for hydroxylation is 1. The van der Waals surface area contributed by atoms with E-state index in [-0.39, 0.29) is 0 Å². The van der Waals surface area contributed by atoms with Crippen molar-refractivity contribution in [3.63, 3.8) is 0 Å². The molecule has 0 atom stereocenters. The molecule has 0 radical (unpaired) electrons. The van der Waals surface area contributed by atoms with E-state index >= 15 is 0 Å². The number of nitrogens with zero attached hydrogens (tertiary/aromatic N) is 2. The first-order valence-corrected chi connectivity index (χ1v) is 12.3. The fourth-order valence-electron chi connectivity index (χ4n) is 4.08. The quantitative estimate of drug-likeness (QED) is 0.182. The van der Waals surface area contributed by atoms with E-state index < -0.39 is 0 Å². The second-order valence-corrected chi connectivity index (χ2v) is 8.75. The van der Waals surface area contributed by atoms with E-state index in [1.165, 1.54) is 109 Å². The monoisotopic (exact) mass is 377 g/mol. The predicted molar refractivity (Wildman–Crippen MR) is 119 cm³/mol. The van der Waals surface area contributed by atoms with Crippen LogP contribution in [0.1, 0.15) is 136 Å². The average molecular weight is 378 g/mol. The lowest BCUT2D eigenvalue weighted by atomic mass is 10.1. The standard InChI is InChI=1S/C25H49N2/c1-5-7-9-11-12-13-14-15-16-17-18-20-25-26(21-19-10-8-6-2)22-23-27(25)24(3)4/h22-24H,5-21H2,1-4H3/q+1. The van der Waals surface area contributed by atoms with Gasteiger partial charge in [-0.1, -0.05) is 90.9 Å². The molecule has 0 unspecified atom stereocenters. The van der Waals surface area contributed by atoms with Gasteiger partial charge in [0.05, 0.1) is 12.6 Å². The van der Waals surface area contributed by atoms with Gasteiger partial charge >= 0.3 is 0 Å². The van der Waals surface area contributed by atoms with E-state index in [4.69, 9.17) is 0 Å². The highest BCUT2D eigenvalue weighted by Crippen LogP contribution is 2.14. The Bertz CT molecular complexity index is 447. The van der Waals surface area contributed by atoms with Crippen LogP contribution in [0.25, 0.3) is 0 Å². The molecule has 158 valence electrons. The summed E-state index contributed by atoms with van der Waals surface area (Å²) in [5, 5.41) is 0. The van der Waals surface area contributed by atoms with Gasteiger partial charge in [0.2, 0.25) is 0 Å². The van der Waals surface area contributed by atoms with Crippen LogP contribution in [0.2, 0.25) is 0 Å². The van der Waals surface area contributed by atoms with Gasteiger partial charge in [-0.25, -0.2) is 9.13 Å². The second kappa shape index (κ2) is 16.2. The van der Waals surface area contributed by atoms with Crippen LogP contribution < -0.4 is 4.57 Å². The number of rotatable bonds is 18. The number of hydrogen-bond acceptors (Lipinski definition) is 0. The van der Waals surface area contributed by atoms with Gasteiger partial charge in [0, 0.05) is 6.42 Å². The van der Waals surface area contributed by atoms with Crippen molar-refractivity contribution < 1.29 is 4.57 Å². The SMILES string of the molecule is CCCCCCCCCCCCCc1n(C(C)C)cc[n+]1CCCCCC. The maximum Gasteiger partial charge on any atom is 0.256 e. The van der Waals surface area contributed by atoms with Gasteiger partial charge in [-0.05, 0) is 33.1 Å². The number of unbranched alkanes of at least 4 members (excludes halogenated alkanes) is 13. The van der Waals surface area contributed by atoms with Crippen molar-refractivity contribution in [3.8, 4) is 0 Å². The summed E-state index contributed by atoms with van der Waals surface area (Å²) in [7, 11) is 0. The summed E-state index contributed by atoms with van der Waals surface area (Å²) in [6.45, 7) is 10.4. The highest BCUT2D eigenvalue weighted by atomic mass is 15.2. The molecule has 0 saturated heterocycles. The Labute approximate surface area is 170 Å². The molecule has 0 aliphatic carbocycles. The van der Waals surface area contributed by atoms with Crippen LogP contribution in [0.15, 0.2) is 12.4 Å². The molecule has 0 aliphatic heterocycles. The van der Waals surface area contributed by atoms with E-state index in [2.05, 4.69) is 49.2 Å². The van der Waals surface area contributed by atoms with Crippen molar-refractivity contribution in [1.29, 1.82) is 0 Å². The van der Waals surface area contributed by atoms with Crippen LogP contribution in [0.4, 0.5) is 0 Å². The lowest BCUT2D eigenvalue weighted by Crippen LogP contribution is -2.37. The molecule has 27 heavy (non-hydrogen) atoms. The molecular formula is C25H49N2+. The topological polar surface area (TPSA) is 8.81 Å². The van der Waals surface area contributed by atoms with Crippen molar-refractivity contribution in [2.24, 2.45) is 0 Å². The highest BCUT2D eigenvalue weighted by Gasteiger charge is 2.18. The van der Waals surface area contributed by atoms with Crippen molar-refractivity contribution in [1.82, 2.24) is 4.57 Å². The van der Waals surface area contributed by atoms with Crippen molar-refractivity contribution >= 4 is 0 Å². The lowest BCUT2D eigenvalue weighted by molar-refractivity contribution is -0.704. The molecule has 1 aromatic heterocycles. The van der Waals surface area contributed by atoms with Crippen molar-refractivity contribution in [2.45, 2.75) is 143 Å². The summed E-state index contributed by atoms with van der Waals surface area (Å²) >= 11 is 0. The molecule has 2 heteroatoms. The number of imidazole rings is 1. The summed E-state index contributed by atoms with van der Waals surface area (Å²) in [4.78, 5) is 0. The molecule has 0 aromatic carbocycles. The van der Waals surface area contributed by atoms with Crippen LogP contribution in [0.5, 0.6) is 0 Å². The van der Waals surface area contributed by atoms with E-state index in [0.717, 1.165) is 0 Å². The molecule has 0 spiro atoms. The molecule has 1 rings (SSSR count). The Balaban J connectivity index is 2.21. The van der Waals surface area contributed by atoms with E-state index in [9.17, 15) is 0 Å². The van der Waals surface area contributed by atoms with Gasteiger partial charge in [0.1, 0.15) is 12.4 Å². The van der Waals surface area contributed by atoms with Gasteiger partial charge in [0.15, 0.2) is 0 Å². The number of hydrogen-bond donors (Lipinski definition) is 0. The summed E-state index contributed by atoms with van der Waals surface area (Å²) in [5.41, 5.74) is 0. The summed E-state index contributed by atoms with van der Waals surface area (Å²) in [6, 6.07) is 0.574. The van der Waals surface area contributed by atoms with Crippen LogP contribution in [-0.4, -0.2) is 4.57 Å². The van der Waals surface area contributed by atoms with Gasteiger partial charge < -0.3 is 0 Å². The van der Waals surface area contributed by atoms with Gasteiger partial charge in [0.25, 0.3) is 5.82 Å². The Morgan fingerprint density at radius 3 is 1.70 bits per heavy atom. The molecule has 0 saturated carbocycles. The lowest BCUT2D eigenvalue weighted by Gasteiger charge is -2.08. The Hall–Kier alpha value is -0.790. The molecule has 0 amide bonds. The van der Waals surface area contributed by atoms with E-state index in [1.54, 1.807) is 5.82 Å². The minimum Gasteiger partial charge on any atom is -0.234 e. The minimum absolute atomic E-state index is 0.574. The van der Waals surface area contributed by atoms with E-state index in [0.29, 0.717) is 6.04 Å². The molecule has 1 heterocycles. The van der Waals surface area contributed by atoms with Crippen molar-refractivity contribution in [2.75, 3.05) is 0 Å². The summed E-state index contributed by atoms with van der Waals surface area (Å²) < 4.78 is 5.03. The molecule has 2 nitrogen and oxygen atoms in total. The molecule has 0 bridgehead atoms. The second-order valence-electron chi connectivity index (χ2n) is 8.75. The Kier molecular flexibility index (Phi) is 14.5. The molecule has 1 aromatic rings. The molecular weight excluding hydrogens is 328 g/mol. The van der Waals surface area contributed by atoms with Gasteiger partial charge in [-0.3, -0.25) is 0 Å². The number of aromatic nitrogens is 2. The zero-order valence-corrected chi connectivity index (χ0v) is 19.1. The van der Waals surface area contributed by atoms with Gasteiger partial charge in [-0.2, -0.15) is 0 Å². The zero-order valence-electron chi connectivity index (χ0n) is 19.1. The summed E-state index contributed by atoms with van der Waals surface area (Å²) in [6.07, 6.45) is 26.9. The third-order valence-corrected chi connectivity index (χ3v) is 5.85. The third-order valence-electron chi connectivity index (χ3n) is 5.85. The first-order chi connectivity index (χ1) is 13.2. The highest BCUT2D eigenvalue weighted by molar-refractivity contribution is 4.86. The maximum atomic E-state index is 2.53. The van der Waals surface area contributed by atoms with Crippen LogP contribution in [-0.2, 0) is 13.0 Å². The molecule has 0 N–H and O–H groups in total. The zero-order chi connectivity index (χ0) is 19.7. The molecule has 0 fully saturated rings. The minimum atomic E-state index is 0.574. The predicted octanol–water partition coefficient (Wildman–Crippen LogP) is 7.79. The largest absolute Gasteiger partial charge is 0.256 e. The Morgan fingerprint density at radius 2 is 1.19 bits per heavy atom. The fourth-order valence-corrected chi connectivity index (χ4v) is 4.08. The molecule has 0 aliphatic rings. The first kappa shape index (κ1) is 24.2. The average Bonchev–Trinajstić information content (AvgIpc) is 3.06. The van der Waals surface area contributed by atoms with Crippen molar-refractivity contribution in [3.05, 3.63) is 18.2 Å². The Morgan fingerprint density at radius 1 is 0.704 bits per heavy atom. The fraction of sp³-hybridized carbons (Fsp3) is 0.880. The van der Waals surface area contributed by atoms with Crippen LogP contribution >= 0.6 is 0 Å². The summed E-state index contributed by atoms with van der Waals surface area (Å²) in [5.74, 6) is 1.55. The maximum absolute atomic E-state index is 2.53.